The van der Waals surface area contributed by atoms with Gasteiger partial charge in [-0.25, -0.2) is 4.98 Å². The van der Waals surface area contributed by atoms with Crippen molar-refractivity contribution in [3.8, 4) is 0 Å². The summed E-state index contributed by atoms with van der Waals surface area (Å²) in [6.45, 7) is 2.89. The fraction of sp³-hybridized carbons (Fsp3) is 0.357. The van der Waals surface area contributed by atoms with E-state index in [1.807, 2.05) is 30.3 Å². The van der Waals surface area contributed by atoms with Gasteiger partial charge in [-0.05, 0) is 47.0 Å². The average molecular weight is 296 g/mol. The Kier molecular flexibility index (Phi) is 3.26. The van der Waals surface area contributed by atoms with Crippen molar-refractivity contribution < 1.29 is 0 Å². The van der Waals surface area contributed by atoms with Gasteiger partial charge >= 0.3 is 0 Å². The molecule has 1 N–H and O–H groups in total. The molecule has 8 nitrogen and oxygen atoms in total. The van der Waals surface area contributed by atoms with Crippen LogP contribution < -0.4 is 10.2 Å². The van der Waals surface area contributed by atoms with E-state index in [9.17, 15) is 0 Å². The summed E-state index contributed by atoms with van der Waals surface area (Å²) in [6.07, 6.45) is 2.93. The minimum Gasteiger partial charge on any atom is -0.370 e. The van der Waals surface area contributed by atoms with E-state index >= 15 is 0 Å². The van der Waals surface area contributed by atoms with E-state index in [4.69, 9.17) is 0 Å². The number of hydrogen-bond acceptors (Lipinski definition) is 7. The summed E-state index contributed by atoms with van der Waals surface area (Å²) >= 11 is 0. The number of hydrogen-bond donors (Lipinski definition) is 1. The van der Waals surface area contributed by atoms with Gasteiger partial charge in [0, 0.05) is 25.8 Å². The first kappa shape index (κ1) is 12.9. The predicted octanol–water partition coefficient (Wildman–Crippen LogP) is 0.853. The SMILES string of the molecule is c1ccc(NC[C@H]2CCN(c3ccc4nnnn4n3)C2)nc1. The van der Waals surface area contributed by atoms with E-state index < -0.39 is 0 Å². The summed E-state index contributed by atoms with van der Waals surface area (Å²) in [4.78, 5) is 6.55. The van der Waals surface area contributed by atoms with Crippen molar-refractivity contribution in [1.82, 2.24) is 30.2 Å². The third-order valence-corrected chi connectivity index (χ3v) is 3.90. The highest BCUT2D eigenvalue weighted by Crippen LogP contribution is 2.22. The molecule has 0 aliphatic carbocycles. The lowest BCUT2D eigenvalue weighted by Crippen LogP contribution is -2.24. The molecule has 1 saturated heterocycles. The summed E-state index contributed by atoms with van der Waals surface area (Å²) in [6, 6.07) is 9.76. The normalized spacial score (nSPS) is 18.0. The molecule has 4 heterocycles. The van der Waals surface area contributed by atoms with Crippen LogP contribution in [0.3, 0.4) is 0 Å². The number of tetrazole rings is 1. The van der Waals surface area contributed by atoms with Gasteiger partial charge in [-0.1, -0.05) is 6.07 Å². The fourth-order valence-electron chi connectivity index (χ4n) is 2.73. The van der Waals surface area contributed by atoms with Crippen molar-refractivity contribution in [2.45, 2.75) is 6.42 Å². The third kappa shape index (κ3) is 2.54. The van der Waals surface area contributed by atoms with Crippen LogP contribution in [0.1, 0.15) is 6.42 Å². The highest BCUT2D eigenvalue weighted by Gasteiger charge is 2.23. The average Bonchev–Trinajstić information content (AvgIpc) is 3.22. The number of pyridine rings is 1. The molecule has 1 fully saturated rings. The molecule has 1 aliphatic heterocycles. The maximum Gasteiger partial charge on any atom is 0.200 e. The Balaban J connectivity index is 1.39. The van der Waals surface area contributed by atoms with Crippen LogP contribution in [-0.4, -0.2) is 49.9 Å². The van der Waals surface area contributed by atoms with Crippen molar-refractivity contribution in [2.24, 2.45) is 5.92 Å². The Morgan fingerprint density at radius 3 is 3.14 bits per heavy atom. The maximum atomic E-state index is 4.44. The number of aromatic nitrogens is 6. The molecule has 1 aliphatic rings. The first-order valence-electron chi connectivity index (χ1n) is 7.34. The van der Waals surface area contributed by atoms with Crippen LogP contribution in [0.15, 0.2) is 36.5 Å². The zero-order chi connectivity index (χ0) is 14.8. The molecular formula is C14H16N8. The summed E-state index contributed by atoms with van der Waals surface area (Å²) in [7, 11) is 0. The van der Waals surface area contributed by atoms with Gasteiger partial charge in [0.2, 0.25) is 0 Å². The van der Waals surface area contributed by atoms with Gasteiger partial charge in [0.25, 0.3) is 0 Å². The molecule has 3 aromatic heterocycles. The molecule has 0 radical (unpaired) electrons. The number of nitrogens with zero attached hydrogens (tertiary/aromatic N) is 7. The van der Waals surface area contributed by atoms with E-state index in [0.29, 0.717) is 11.6 Å². The van der Waals surface area contributed by atoms with Crippen LogP contribution in [0.2, 0.25) is 0 Å². The first-order chi connectivity index (χ1) is 10.9. The highest BCUT2D eigenvalue weighted by atomic mass is 15.6. The van der Waals surface area contributed by atoms with Gasteiger partial charge in [-0.15, -0.1) is 14.8 Å². The van der Waals surface area contributed by atoms with Crippen LogP contribution in [0.25, 0.3) is 5.65 Å². The number of rotatable bonds is 4. The quantitative estimate of drug-likeness (QED) is 0.764. The number of nitrogens with one attached hydrogen (secondary N) is 1. The minimum atomic E-state index is 0.577. The number of fused-ring (bicyclic) bond motifs is 1. The molecule has 1 atom stereocenters. The van der Waals surface area contributed by atoms with Crippen LogP contribution in [0.5, 0.6) is 0 Å². The molecule has 0 bridgehead atoms. The summed E-state index contributed by atoms with van der Waals surface area (Å²) in [5, 5.41) is 19.2. The van der Waals surface area contributed by atoms with Gasteiger partial charge in [-0.3, -0.25) is 0 Å². The van der Waals surface area contributed by atoms with Crippen LogP contribution >= 0.6 is 0 Å². The Labute approximate surface area is 127 Å². The Bertz CT molecular complexity index is 756. The lowest BCUT2D eigenvalue weighted by atomic mass is 10.1. The van der Waals surface area contributed by atoms with Crippen molar-refractivity contribution >= 4 is 17.3 Å². The summed E-state index contributed by atoms with van der Waals surface area (Å²) in [5.41, 5.74) is 0.663. The Morgan fingerprint density at radius 2 is 2.23 bits per heavy atom. The molecular weight excluding hydrogens is 280 g/mol. The standard InChI is InChI=1S/C14H16N8/c1-2-7-15-12(3-1)16-9-11-6-8-21(10-11)14-5-4-13-17-19-20-22(13)18-14/h1-5,7,11H,6,8-10H2,(H,15,16)/t11-/m1/s1. The van der Waals surface area contributed by atoms with Gasteiger partial charge in [-0.2, -0.15) is 0 Å². The summed E-state index contributed by atoms with van der Waals surface area (Å²) in [5.74, 6) is 2.42. The molecule has 22 heavy (non-hydrogen) atoms. The highest BCUT2D eigenvalue weighted by molar-refractivity contribution is 5.45. The van der Waals surface area contributed by atoms with Crippen molar-refractivity contribution in [2.75, 3.05) is 29.9 Å². The molecule has 3 aromatic rings. The van der Waals surface area contributed by atoms with E-state index in [1.165, 1.54) is 4.63 Å². The topological polar surface area (TPSA) is 84.1 Å². The zero-order valence-corrected chi connectivity index (χ0v) is 12.0. The van der Waals surface area contributed by atoms with E-state index in [2.05, 4.69) is 35.8 Å². The second-order valence-corrected chi connectivity index (χ2v) is 5.41. The van der Waals surface area contributed by atoms with E-state index in [1.54, 1.807) is 6.20 Å². The lowest BCUT2D eigenvalue weighted by Gasteiger charge is -2.17. The molecule has 8 heteroatoms. The second kappa shape index (κ2) is 5.55. The molecule has 0 amide bonds. The van der Waals surface area contributed by atoms with Crippen LogP contribution in [0.4, 0.5) is 11.6 Å². The first-order valence-corrected chi connectivity index (χ1v) is 7.34. The number of anilines is 2. The molecule has 4 rings (SSSR count). The Morgan fingerprint density at radius 1 is 1.23 bits per heavy atom. The maximum absolute atomic E-state index is 4.44. The van der Waals surface area contributed by atoms with Crippen molar-refractivity contribution in [3.05, 3.63) is 36.5 Å². The van der Waals surface area contributed by atoms with Crippen LogP contribution in [0, 0.1) is 5.92 Å². The van der Waals surface area contributed by atoms with Crippen LogP contribution in [-0.2, 0) is 0 Å². The molecule has 0 aromatic carbocycles. The molecule has 0 unspecified atom stereocenters. The van der Waals surface area contributed by atoms with Gasteiger partial charge in [0.15, 0.2) is 11.5 Å². The van der Waals surface area contributed by atoms with E-state index in [-0.39, 0.29) is 0 Å². The lowest BCUT2D eigenvalue weighted by molar-refractivity contribution is 0.619. The predicted molar refractivity (Wildman–Crippen MR) is 81.6 cm³/mol. The monoisotopic (exact) mass is 296 g/mol. The fourth-order valence-corrected chi connectivity index (χ4v) is 2.73. The second-order valence-electron chi connectivity index (χ2n) is 5.41. The van der Waals surface area contributed by atoms with Gasteiger partial charge in [0.1, 0.15) is 5.82 Å². The van der Waals surface area contributed by atoms with Crippen molar-refractivity contribution in [1.29, 1.82) is 0 Å². The van der Waals surface area contributed by atoms with Gasteiger partial charge in [0.05, 0.1) is 0 Å². The Hall–Kier alpha value is -2.77. The van der Waals surface area contributed by atoms with Gasteiger partial charge < -0.3 is 10.2 Å². The molecule has 0 saturated carbocycles. The largest absolute Gasteiger partial charge is 0.370 e. The minimum absolute atomic E-state index is 0.577. The molecule has 112 valence electrons. The zero-order valence-electron chi connectivity index (χ0n) is 12.0. The summed E-state index contributed by atoms with van der Waals surface area (Å²) < 4.78 is 1.47. The molecule has 0 spiro atoms. The van der Waals surface area contributed by atoms with E-state index in [0.717, 1.165) is 37.7 Å². The third-order valence-electron chi connectivity index (χ3n) is 3.90. The smallest absolute Gasteiger partial charge is 0.200 e. The van der Waals surface area contributed by atoms with Crippen molar-refractivity contribution in [3.63, 3.8) is 0 Å².